The molecule has 39 heavy (non-hydrogen) atoms. The van der Waals surface area contributed by atoms with Crippen molar-refractivity contribution in [3.63, 3.8) is 0 Å². The third kappa shape index (κ3) is 5.12. The van der Waals surface area contributed by atoms with Crippen molar-refractivity contribution in [2.24, 2.45) is 5.41 Å². The zero-order valence-corrected chi connectivity index (χ0v) is 22.3. The van der Waals surface area contributed by atoms with Crippen molar-refractivity contribution in [3.8, 4) is 5.75 Å². The minimum absolute atomic E-state index is 0.0911. The lowest BCUT2D eigenvalue weighted by Gasteiger charge is -2.27. The maximum atomic E-state index is 13.7. The normalized spacial score (nSPS) is 16.5. The number of benzene rings is 2. The Labute approximate surface area is 227 Å². The van der Waals surface area contributed by atoms with Crippen LogP contribution in [-0.4, -0.2) is 38.0 Å². The van der Waals surface area contributed by atoms with Gasteiger partial charge in [0.15, 0.2) is 11.4 Å². The molecule has 1 aliphatic rings. The highest BCUT2D eigenvalue weighted by atomic mass is 16.5. The van der Waals surface area contributed by atoms with Crippen molar-refractivity contribution in [2.45, 2.75) is 40.2 Å². The van der Waals surface area contributed by atoms with E-state index in [0.29, 0.717) is 29.8 Å². The van der Waals surface area contributed by atoms with Crippen LogP contribution in [0.15, 0.2) is 78.9 Å². The zero-order chi connectivity index (χ0) is 27.6. The number of hydrogen-bond donors (Lipinski definition) is 1. The van der Waals surface area contributed by atoms with Gasteiger partial charge in [-0.15, -0.1) is 0 Å². The van der Waals surface area contributed by atoms with Crippen molar-refractivity contribution >= 4 is 22.9 Å². The fourth-order valence-corrected chi connectivity index (χ4v) is 4.99. The highest BCUT2D eigenvalue weighted by Crippen LogP contribution is 2.32. The Morgan fingerprint density at radius 3 is 2.54 bits per heavy atom. The molecule has 0 fully saturated rings. The van der Waals surface area contributed by atoms with Gasteiger partial charge in [0, 0.05) is 17.7 Å². The number of imidazole rings is 1. The summed E-state index contributed by atoms with van der Waals surface area (Å²) in [6, 6.07) is 16.6. The van der Waals surface area contributed by atoms with E-state index < -0.39 is 11.4 Å². The molecule has 0 bridgehead atoms. The number of rotatable bonds is 9. The summed E-state index contributed by atoms with van der Waals surface area (Å²) in [4.78, 5) is 35.4. The maximum Gasteiger partial charge on any atom is 0.317 e. The molecule has 2 aromatic heterocycles. The zero-order valence-electron chi connectivity index (χ0n) is 22.3. The molecule has 7 heteroatoms. The van der Waals surface area contributed by atoms with Gasteiger partial charge in [-0.1, -0.05) is 67.6 Å². The fourth-order valence-electron chi connectivity index (χ4n) is 4.99. The lowest BCUT2D eigenvalue weighted by Crippen LogP contribution is -2.35. The Hall–Kier alpha value is -4.52. The number of aliphatic carboxylic acids is 1. The molecule has 5 rings (SSSR count). The van der Waals surface area contributed by atoms with Crippen LogP contribution in [0.3, 0.4) is 0 Å². The predicted molar refractivity (Wildman–Crippen MR) is 150 cm³/mol. The Kier molecular flexibility index (Phi) is 7.15. The standard InChI is InChI=1S/C32H31N3O4/c1-4-27-34-28-21(2)17-22(3)33-30(28)35(27)19-23-13-14-26(25(18-23)29(36)24-11-7-5-8-12-24)39-20-32(31(37)38)15-9-6-10-16-32/h5-15,17-18H,4,16,19-20H2,1-3H3,(H,37,38). The second kappa shape index (κ2) is 10.7. The number of fused-ring (bicyclic) bond motifs is 1. The Bertz CT molecular complexity index is 1620. The molecule has 0 saturated heterocycles. The molecule has 0 spiro atoms. The van der Waals surface area contributed by atoms with Gasteiger partial charge in [-0.25, -0.2) is 9.97 Å². The van der Waals surface area contributed by atoms with Crippen molar-refractivity contribution in [3.05, 3.63) is 113 Å². The number of carboxylic acid groups (broad SMARTS) is 1. The molecule has 198 valence electrons. The van der Waals surface area contributed by atoms with Crippen molar-refractivity contribution < 1.29 is 19.4 Å². The molecule has 0 amide bonds. The highest BCUT2D eigenvalue weighted by Gasteiger charge is 2.37. The number of hydrogen-bond acceptors (Lipinski definition) is 5. The monoisotopic (exact) mass is 521 g/mol. The molecule has 2 heterocycles. The lowest BCUT2D eigenvalue weighted by atomic mass is 9.82. The summed E-state index contributed by atoms with van der Waals surface area (Å²) in [6.45, 7) is 6.47. The van der Waals surface area contributed by atoms with Gasteiger partial charge in [0.2, 0.25) is 0 Å². The van der Waals surface area contributed by atoms with Gasteiger partial charge in [-0.2, -0.15) is 0 Å². The number of aromatic nitrogens is 3. The van der Waals surface area contributed by atoms with Gasteiger partial charge in [-0.05, 0) is 49.6 Å². The summed E-state index contributed by atoms with van der Waals surface area (Å²) in [5, 5.41) is 9.94. The van der Waals surface area contributed by atoms with Crippen LogP contribution in [0.4, 0.5) is 0 Å². The summed E-state index contributed by atoms with van der Waals surface area (Å²) in [6.07, 6.45) is 8.06. The third-order valence-corrected chi connectivity index (χ3v) is 7.14. The number of nitrogens with zero attached hydrogens (tertiary/aromatic N) is 3. The van der Waals surface area contributed by atoms with Crippen LogP contribution >= 0.6 is 0 Å². The quantitative estimate of drug-likeness (QED) is 0.278. The van der Waals surface area contributed by atoms with Crippen LogP contribution in [0, 0.1) is 19.3 Å². The maximum absolute atomic E-state index is 13.7. The molecule has 0 aliphatic heterocycles. The summed E-state index contributed by atoms with van der Waals surface area (Å²) < 4.78 is 8.20. The first kappa shape index (κ1) is 26.1. The average molecular weight is 522 g/mol. The van der Waals surface area contributed by atoms with E-state index in [1.165, 1.54) is 0 Å². The molecule has 1 N–H and O–H groups in total. The smallest absolute Gasteiger partial charge is 0.317 e. The number of aryl methyl sites for hydroxylation is 3. The van der Waals surface area contributed by atoms with E-state index >= 15 is 0 Å². The van der Waals surface area contributed by atoms with Crippen LogP contribution in [0.25, 0.3) is 11.2 Å². The number of ether oxygens (including phenoxy) is 1. The molecule has 1 unspecified atom stereocenters. The van der Waals surface area contributed by atoms with Crippen molar-refractivity contribution in [2.75, 3.05) is 6.61 Å². The van der Waals surface area contributed by atoms with E-state index in [0.717, 1.165) is 40.2 Å². The first-order chi connectivity index (χ1) is 18.8. The fraction of sp³-hybridized carbons (Fsp3) is 0.250. The summed E-state index contributed by atoms with van der Waals surface area (Å²) in [5.74, 6) is 0.120. The summed E-state index contributed by atoms with van der Waals surface area (Å²) in [5.41, 5.74) is 4.33. The number of pyridine rings is 1. The van der Waals surface area contributed by atoms with E-state index in [1.54, 1.807) is 30.4 Å². The van der Waals surface area contributed by atoms with Gasteiger partial charge < -0.3 is 14.4 Å². The summed E-state index contributed by atoms with van der Waals surface area (Å²) >= 11 is 0. The van der Waals surface area contributed by atoms with Gasteiger partial charge >= 0.3 is 5.97 Å². The molecule has 7 nitrogen and oxygen atoms in total. The minimum atomic E-state index is -1.19. The predicted octanol–water partition coefficient (Wildman–Crippen LogP) is 5.86. The average Bonchev–Trinajstić information content (AvgIpc) is 3.30. The Morgan fingerprint density at radius 1 is 1.05 bits per heavy atom. The molecular weight excluding hydrogens is 490 g/mol. The van der Waals surface area contributed by atoms with Crippen LogP contribution in [-0.2, 0) is 17.8 Å². The SMILES string of the molecule is CCc1nc2c(C)cc(C)nc2n1Cc1ccc(OCC2(C(=O)O)C=CC=CC2)c(C(=O)c2ccccc2)c1. The number of carbonyl (C=O) groups excluding carboxylic acids is 1. The number of allylic oxidation sites excluding steroid dienone is 3. The third-order valence-electron chi connectivity index (χ3n) is 7.14. The van der Waals surface area contributed by atoms with Gasteiger partial charge in [-0.3, -0.25) is 9.59 Å². The second-order valence-corrected chi connectivity index (χ2v) is 9.99. The Balaban J connectivity index is 1.54. The molecule has 0 saturated carbocycles. The molecule has 0 radical (unpaired) electrons. The molecule has 4 aromatic rings. The van der Waals surface area contributed by atoms with Gasteiger partial charge in [0.05, 0.1) is 12.1 Å². The molecule has 1 atom stereocenters. The molecule has 2 aromatic carbocycles. The number of carboxylic acids is 1. The van der Waals surface area contributed by atoms with E-state index in [4.69, 9.17) is 14.7 Å². The first-order valence-corrected chi connectivity index (χ1v) is 13.1. The molecular formula is C32H31N3O4. The minimum Gasteiger partial charge on any atom is -0.491 e. The van der Waals surface area contributed by atoms with Crippen molar-refractivity contribution in [1.82, 2.24) is 14.5 Å². The van der Waals surface area contributed by atoms with E-state index in [9.17, 15) is 14.7 Å². The van der Waals surface area contributed by atoms with Gasteiger partial charge in [0.25, 0.3) is 0 Å². The molecule has 1 aliphatic carbocycles. The van der Waals surface area contributed by atoms with E-state index in [1.807, 2.05) is 62.4 Å². The van der Waals surface area contributed by atoms with Crippen LogP contribution < -0.4 is 4.74 Å². The second-order valence-electron chi connectivity index (χ2n) is 9.99. The van der Waals surface area contributed by atoms with Crippen LogP contribution in [0.2, 0.25) is 0 Å². The van der Waals surface area contributed by atoms with Gasteiger partial charge in [0.1, 0.15) is 29.1 Å². The number of ketones is 1. The number of carbonyl (C=O) groups is 2. The van der Waals surface area contributed by atoms with E-state index in [2.05, 4.69) is 11.5 Å². The first-order valence-electron chi connectivity index (χ1n) is 13.1. The van der Waals surface area contributed by atoms with E-state index in [-0.39, 0.29) is 12.4 Å². The highest BCUT2D eigenvalue weighted by molar-refractivity contribution is 6.10. The Morgan fingerprint density at radius 2 is 1.85 bits per heavy atom. The summed E-state index contributed by atoms with van der Waals surface area (Å²) in [7, 11) is 0. The largest absolute Gasteiger partial charge is 0.491 e. The lowest BCUT2D eigenvalue weighted by molar-refractivity contribution is -0.147. The van der Waals surface area contributed by atoms with Crippen LogP contribution in [0.5, 0.6) is 5.75 Å². The van der Waals surface area contributed by atoms with Crippen molar-refractivity contribution in [1.29, 1.82) is 0 Å². The van der Waals surface area contributed by atoms with Crippen LogP contribution in [0.1, 0.15) is 51.9 Å². The topological polar surface area (TPSA) is 94.3 Å².